The Kier molecular flexibility index (Phi) is 2.49. The Bertz CT molecular complexity index is 568. The molecule has 3 heteroatoms. The molecule has 78 valence electrons. The number of nitrogen functional groups attached to an aromatic ring is 2. The molecule has 4 N–H and O–H groups in total. The van der Waals surface area contributed by atoms with E-state index in [1.165, 1.54) is 0 Å². The van der Waals surface area contributed by atoms with Crippen LogP contribution in [0.5, 0.6) is 0 Å². The second-order valence-electron chi connectivity index (χ2n) is 3.54. The first kappa shape index (κ1) is 10.1. The third-order valence-electron chi connectivity index (χ3n) is 2.38. The SMILES string of the molecule is N#Cc1cccc(-c2cc(N)ccc2N)c1. The molecule has 2 aromatic carbocycles. The second kappa shape index (κ2) is 3.95. The summed E-state index contributed by atoms with van der Waals surface area (Å²) in [5.74, 6) is 0. The summed E-state index contributed by atoms with van der Waals surface area (Å²) in [5, 5.41) is 8.83. The van der Waals surface area contributed by atoms with Crippen molar-refractivity contribution in [3.05, 3.63) is 48.0 Å². The maximum absolute atomic E-state index is 8.83. The number of hydrogen-bond acceptors (Lipinski definition) is 3. The Morgan fingerprint density at radius 3 is 2.56 bits per heavy atom. The van der Waals surface area contributed by atoms with Gasteiger partial charge in [0.25, 0.3) is 0 Å². The van der Waals surface area contributed by atoms with Gasteiger partial charge in [0, 0.05) is 16.9 Å². The lowest BCUT2D eigenvalue weighted by Gasteiger charge is -2.07. The number of nitrogens with two attached hydrogens (primary N) is 2. The van der Waals surface area contributed by atoms with E-state index in [2.05, 4.69) is 6.07 Å². The van der Waals surface area contributed by atoms with Crippen molar-refractivity contribution in [2.75, 3.05) is 11.5 Å². The van der Waals surface area contributed by atoms with E-state index in [4.69, 9.17) is 16.7 Å². The van der Waals surface area contributed by atoms with Crippen molar-refractivity contribution >= 4 is 11.4 Å². The van der Waals surface area contributed by atoms with Crippen LogP contribution in [0.2, 0.25) is 0 Å². The molecule has 0 bridgehead atoms. The highest BCUT2D eigenvalue weighted by molar-refractivity contribution is 5.79. The molecule has 16 heavy (non-hydrogen) atoms. The number of nitrogens with zero attached hydrogens (tertiary/aromatic N) is 1. The maximum Gasteiger partial charge on any atom is 0.0991 e. The van der Waals surface area contributed by atoms with Gasteiger partial charge in [0.05, 0.1) is 11.6 Å². The number of nitriles is 1. The van der Waals surface area contributed by atoms with Crippen LogP contribution in [0.15, 0.2) is 42.5 Å². The summed E-state index contributed by atoms with van der Waals surface area (Å²) in [6.45, 7) is 0. The normalized spacial score (nSPS) is 9.69. The fraction of sp³-hybridized carbons (Fsp3) is 0. The van der Waals surface area contributed by atoms with Gasteiger partial charge < -0.3 is 11.5 Å². The van der Waals surface area contributed by atoms with Crippen molar-refractivity contribution in [2.45, 2.75) is 0 Å². The molecule has 0 heterocycles. The van der Waals surface area contributed by atoms with Crippen molar-refractivity contribution in [3.63, 3.8) is 0 Å². The van der Waals surface area contributed by atoms with Gasteiger partial charge in [-0.1, -0.05) is 12.1 Å². The molecule has 0 unspecified atom stereocenters. The van der Waals surface area contributed by atoms with Gasteiger partial charge in [-0.15, -0.1) is 0 Å². The minimum absolute atomic E-state index is 0.610. The molecule has 0 saturated heterocycles. The van der Waals surface area contributed by atoms with Gasteiger partial charge in [0.2, 0.25) is 0 Å². The van der Waals surface area contributed by atoms with Crippen LogP contribution in [0.3, 0.4) is 0 Å². The minimum Gasteiger partial charge on any atom is -0.399 e. The molecule has 0 aliphatic rings. The molecule has 0 fully saturated rings. The number of hydrogen-bond donors (Lipinski definition) is 2. The molecule has 0 spiro atoms. The van der Waals surface area contributed by atoms with E-state index in [-0.39, 0.29) is 0 Å². The molecule has 0 atom stereocenters. The van der Waals surface area contributed by atoms with E-state index in [0.29, 0.717) is 16.9 Å². The third kappa shape index (κ3) is 1.82. The zero-order valence-corrected chi connectivity index (χ0v) is 8.64. The molecule has 0 aliphatic carbocycles. The van der Waals surface area contributed by atoms with Gasteiger partial charge in [-0.3, -0.25) is 0 Å². The fourth-order valence-corrected chi connectivity index (χ4v) is 1.58. The lowest BCUT2D eigenvalue weighted by molar-refractivity contribution is 1.48. The summed E-state index contributed by atoms with van der Waals surface area (Å²) in [6, 6.07) is 14.7. The molecule has 2 aromatic rings. The van der Waals surface area contributed by atoms with Gasteiger partial charge in [-0.05, 0) is 35.9 Å². The first-order chi connectivity index (χ1) is 7.70. The van der Waals surface area contributed by atoms with Gasteiger partial charge >= 0.3 is 0 Å². The Balaban J connectivity index is 2.58. The van der Waals surface area contributed by atoms with E-state index >= 15 is 0 Å². The van der Waals surface area contributed by atoms with Crippen LogP contribution in [0.1, 0.15) is 5.56 Å². The van der Waals surface area contributed by atoms with E-state index < -0.39 is 0 Å². The maximum atomic E-state index is 8.83. The van der Waals surface area contributed by atoms with Crippen LogP contribution in [0.4, 0.5) is 11.4 Å². The summed E-state index contributed by atoms with van der Waals surface area (Å²) in [4.78, 5) is 0. The molecule has 0 amide bonds. The van der Waals surface area contributed by atoms with Crippen molar-refractivity contribution in [2.24, 2.45) is 0 Å². The van der Waals surface area contributed by atoms with Crippen LogP contribution in [-0.4, -0.2) is 0 Å². The Morgan fingerprint density at radius 2 is 1.81 bits per heavy atom. The highest BCUT2D eigenvalue weighted by atomic mass is 14.6. The van der Waals surface area contributed by atoms with Gasteiger partial charge in [-0.2, -0.15) is 5.26 Å². The predicted molar refractivity (Wildman–Crippen MR) is 65.4 cm³/mol. The minimum atomic E-state index is 0.610. The standard InChI is InChI=1S/C13H11N3/c14-8-9-2-1-3-10(6-9)12-7-11(15)4-5-13(12)16/h1-7H,15-16H2. The van der Waals surface area contributed by atoms with Gasteiger partial charge in [0.15, 0.2) is 0 Å². The fourth-order valence-electron chi connectivity index (χ4n) is 1.58. The number of anilines is 2. The first-order valence-corrected chi connectivity index (χ1v) is 4.86. The summed E-state index contributed by atoms with van der Waals surface area (Å²) in [5.41, 5.74) is 15.3. The van der Waals surface area contributed by atoms with Crippen LogP contribution in [0.25, 0.3) is 11.1 Å². The van der Waals surface area contributed by atoms with Crippen LogP contribution < -0.4 is 11.5 Å². The number of benzene rings is 2. The first-order valence-electron chi connectivity index (χ1n) is 4.86. The van der Waals surface area contributed by atoms with Crippen molar-refractivity contribution in [3.8, 4) is 17.2 Å². The lowest BCUT2D eigenvalue weighted by Crippen LogP contribution is -1.93. The van der Waals surface area contributed by atoms with E-state index in [9.17, 15) is 0 Å². The predicted octanol–water partition coefficient (Wildman–Crippen LogP) is 2.39. The van der Waals surface area contributed by atoms with Crippen LogP contribution in [0, 0.1) is 11.3 Å². The smallest absolute Gasteiger partial charge is 0.0991 e. The molecule has 0 aromatic heterocycles. The van der Waals surface area contributed by atoms with E-state index in [1.54, 1.807) is 24.3 Å². The Morgan fingerprint density at radius 1 is 1.00 bits per heavy atom. The van der Waals surface area contributed by atoms with Crippen LogP contribution >= 0.6 is 0 Å². The molecule has 2 rings (SSSR count). The molecule has 0 radical (unpaired) electrons. The van der Waals surface area contributed by atoms with Crippen LogP contribution in [-0.2, 0) is 0 Å². The Hall–Kier alpha value is -2.47. The lowest BCUT2D eigenvalue weighted by atomic mass is 10.0. The number of rotatable bonds is 1. The molecule has 3 nitrogen and oxygen atoms in total. The summed E-state index contributed by atoms with van der Waals surface area (Å²) in [7, 11) is 0. The summed E-state index contributed by atoms with van der Waals surface area (Å²) in [6.07, 6.45) is 0. The summed E-state index contributed by atoms with van der Waals surface area (Å²) < 4.78 is 0. The van der Waals surface area contributed by atoms with Crippen molar-refractivity contribution in [1.82, 2.24) is 0 Å². The largest absolute Gasteiger partial charge is 0.399 e. The monoisotopic (exact) mass is 209 g/mol. The molecule has 0 saturated carbocycles. The zero-order valence-electron chi connectivity index (χ0n) is 8.64. The Labute approximate surface area is 93.9 Å². The summed E-state index contributed by atoms with van der Waals surface area (Å²) >= 11 is 0. The van der Waals surface area contributed by atoms with Gasteiger partial charge in [-0.25, -0.2) is 0 Å². The van der Waals surface area contributed by atoms with Crippen molar-refractivity contribution in [1.29, 1.82) is 5.26 Å². The second-order valence-corrected chi connectivity index (χ2v) is 3.54. The highest BCUT2D eigenvalue weighted by Crippen LogP contribution is 2.28. The average molecular weight is 209 g/mol. The quantitative estimate of drug-likeness (QED) is 0.708. The highest BCUT2D eigenvalue weighted by Gasteiger charge is 2.03. The van der Waals surface area contributed by atoms with E-state index in [1.807, 2.05) is 18.2 Å². The molecule has 0 aliphatic heterocycles. The third-order valence-corrected chi connectivity index (χ3v) is 2.38. The molecular formula is C13H11N3. The van der Waals surface area contributed by atoms with Gasteiger partial charge in [0.1, 0.15) is 0 Å². The van der Waals surface area contributed by atoms with Crippen molar-refractivity contribution < 1.29 is 0 Å². The molecular weight excluding hydrogens is 198 g/mol. The van der Waals surface area contributed by atoms with E-state index in [0.717, 1.165) is 11.1 Å². The average Bonchev–Trinajstić information content (AvgIpc) is 2.32. The zero-order chi connectivity index (χ0) is 11.5. The topological polar surface area (TPSA) is 75.8 Å².